The highest BCUT2D eigenvalue weighted by atomic mass is 35.5. The van der Waals surface area contributed by atoms with E-state index in [0.29, 0.717) is 21.9 Å². The van der Waals surface area contributed by atoms with Crippen LogP contribution in [0.25, 0.3) is 11.1 Å². The van der Waals surface area contributed by atoms with Crippen molar-refractivity contribution in [3.63, 3.8) is 0 Å². The van der Waals surface area contributed by atoms with Gasteiger partial charge in [0, 0.05) is 10.0 Å². The summed E-state index contributed by atoms with van der Waals surface area (Å²) in [5.74, 6) is 0.0325. The van der Waals surface area contributed by atoms with Crippen LogP contribution in [0.5, 0.6) is 11.5 Å². The van der Waals surface area contributed by atoms with Gasteiger partial charge in [-0.1, -0.05) is 23.2 Å². The fraction of sp³-hybridized carbons (Fsp3) is 0.0714. The zero-order chi connectivity index (χ0) is 14.0. The number of phenols is 1. The lowest BCUT2D eigenvalue weighted by atomic mass is 10.0. The molecule has 2 aromatic carbocycles. The molecule has 0 amide bonds. The van der Waals surface area contributed by atoms with Crippen LogP contribution in [0, 0.1) is 0 Å². The van der Waals surface area contributed by atoms with Crippen molar-refractivity contribution >= 4 is 29.5 Å². The SMILES string of the molecule is COc1cc(-c2cc(Cl)cc(Cl)c2)cc(C=O)c1O. The van der Waals surface area contributed by atoms with Crippen molar-refractivity contribution in [1.29, 1.82) is 0 Å². The smallest absolute Gasteiger partial charge is 0.168 e. The van der Waals surface area contributed by atoms with E-state index in [2.05, 4.69) is 0 Å². The summed E-state index contributed by atoms with van der Waals surface area (Å²) >= 11 is 11.9. The van der Waals surface area contributed by atoms with Gasteiger partial charge in [0.25, 0.3) is 0 Å². The Labute approximate surface area is 120 Å². The van der Waals surface area contributed by atoms with Gasteiger partial charge in [0.15, 0.2) is 17.8 Å². The van der Waals surface area contributed by atoms with E-state index in [0.717, 1.165) is 5.56 Å². The van der Waals surface area contributed by atoms with Crippen molar-refractivity contribution in [3.05, 3.63) is 45.9 Å². The van der Waals surface area contributed by atoms with Crippen LogP contribution in [0.2, 0.25) is 10.0 Å². The van der Waals surface area contributed by atoms with Gasteiger partial charge in [-0.3, -0.25) is 4.79 Å². The van der Waals surface area contributed by atoms with Crippen molar-refractivity contribution in [1.82, 2.24) is 0 Å². The number of hydrogen-bond donors (Lipinski definition) is 1. The van der Waals surface area contributed by atoms with E-state index < -0.39 is 0 Å². The maximum absolute atomic E-state index is 10.9. The first kappa shape index (κ1) is 13.7. The predicted octanol–water partition coefficient (Wildman–Crippen LogP) is 4.19. The number of methoxy groups -OCH3 is 1. The number of ether oxygens (including phenoxy) is 1. The molecule has 0 unspecified atom stereocenters. The number of rotatable bonds is 3. The molecule has 0 fully saturated rings. The molecule has 0 aliphatic heterocycles. The minimum absolute atomic E-state index is 0.144. The highest BCUT2D eigenvalue weighted by molar-refractivity contribution is 6.35. The van der Waals surface area contributed by atoms with Crippen LogP contribution in [0.1, 0.15) is 10.4 Å². The van der Waals surface area contributed by atoms with E-state index in [1.54, 1.807) is 30.3 Å². The Morgan fingerprint density at radius 3 is 2.16 bits per heavy atom. The molecule has 3 nitrogen and oxygen atoms in total. The molecule has 0 heterocycles. The van der Waals surface area contributed by atoms with Crippen molar-refractivity contribution in [2.24, 2.45) is 0 Å². The normalized spacial score (nSPS) is 10.3. The van der Waals surface area contributed by atoms with Gasteiger partial charge in [-0.2, -0.15) is 0 Å². The molecule has 0 spiro atoms. The zero-order valence-electron chi connectivity index (χ0n) is 9.98. The minimum atomic E-state index is -0.186. The topological polar surface area (TPSA) is 46.5 Å². The van der Waals surface area contributed by atoms with Crippen molar-refractivity contribution in [2.45, 2.75) is 0 Å². The second-order valence-electron chi connectivity index (χ2n) is 3.89. The third-order valence-electron chi connectivity index (χ3n) is 2.65. The molecule has 0 aliphatic rings. The fourth-order valence-corrected chi connectivity index (χ4v) is 2.29. The first-order valence-corrected chi connectivity index (χ1v) is 6.13. The molecule has 0 saturated heterocycles. The number of benzene rings is 2. The van der Waals surface area contributed by atoms with E-state index in [4.69, 9.17) is 27.9 Å². The molecule has 5 heteroatoms. The highest BCUT2D eigenvalue weighted by Crippen LogP contribution is 2.36. The van der Waals surface area contributed by atoms with Gasteiger partial charge in [-0.25, -0.2) is 0 Å². The summed E-state index contributed by atoms with van der Waals surface area (Å²) in [7, 11) is 1.42. The van der Waals surface area contributed by atoms with Crippen LogP contribution in [-0.2, 0) is 0 Å². The van der Waals surface area contributed by atoms with Crippen LogP contribution >= 0.6 is 23.2 Å². The van der Waals surface area contributed by atoms with Crippen molar-refractivity contribution in [3.8, 4) is 22.6 Å². The van der Waals surface area contributed by atoms with E-state index in [1.165, 1.54) is 7.11 Å². The molecule has 2 rings (SSSR count). The summed E-state index contributed by atoms with van der Waals surface area (Å²) in [5.41, 5.74) is 1.56. The number of aromatic hydroxyl groups is 1. The second-order valence-corrected chi connectivity index (χ2v) is 4.77. The molecule has 2 aromatic rings. The first-order valence-electron chi connectivity index (χ1n) is 5.38. The van der Waals surface area contributed by atoms with Crippen LogP contribution in [0.3, 0.4) is 0 Å². The zero-order valence-corrected chi connectivity index (χ0v) is 11.5. The summed E-state index contributed by atoms with van der Waals surface area (Å²) < 4.78 is 5.04. The van der Waals surface area contributed by atoms with Gasteiger partial charge < -0.3 is 9.84 Å². The molecular formula is C14H10Cl2O3. The average molecular weight is 297 g/mol. The van der Waals surface area contributed by atoms with Gasteiger partial charge in [-0.05, 0) is 41.5 Å². The van der Waals surface area contributed by atoms with Crippen LogP contribution < -0.4 is 4.74 Å². The van der Waals surface area contributed by atoms with Crippen LogP contribution in [0.4, 0.5) is 0 Å². The third kappa shape index (κ3) is 2.83. The maximum atomic E-state index is 10.9. The average Bonchev–Trinajstić information content (AvgIpc) is 2.37. The Balaban J connectivity index is 2.64. The Morgan fingerprint density at radius 1 is 1.05 bits per heavy atom. The molecule has 0 aliphatic carbocycles. The number of carbonyl (C=O) groups is 1. The van der Waals surface area contributed by atoms with Gasteiger partial charge in [0.2, 0.25) is 0 Å². The number of halogens is 2. The summed E-state index contributed by atoms with van der Waals surface area (Å²) in [4.78, 5) is 10.9. The van der Waals surface area contributed by atoms with E-state index in [-0.39, 0.29) is 17.1 Å². The predicted molar refractivity (Wildman–Crippen MR) is 75.5 cm³/mol. The lowest BCUT2D eigenvalue weighted by molar-refractivity contribution is 0.112. The largest absolute Gasteiger partial charge is 0.504 e. The molecular weight excluding hydrogens is 287 g/mol. The van der Waals surface area contributed by atoms with Gasteiger partial charge >= 0.3 is 0 Å². The van der Waals surface area contributed by atoms with Crippen molar-refractivity contribution < 1.29 is 14.6 Å². The second kappa shape index (κ2) is 5.51. The summed E-state index contributed by atoms with van der Waals surface area (Å²) in [6, 6.07) is 8.21. The first-order chi connectivity index (χ1) is 9.05. The van der Waals surface area contributed by atoms with E-state index in [1.807, 2.05) is 0 Å². The van der Waals surface area contributed by atoms with Gasteiger partial charge in [0.05, 0.1) is 12.7 Å². The molecule has 1 N–H and O–H groups in total. The Bertz CT molecular complexity index is 619. The van der Waals surface area contributed by atoms with E-state index >= 15 is 0 Å². The highest BCUT2D eigenvalue weighted by Gasteiger charge is 2.12. The van der Waals surface area contributed by atoms with Crippen LogP contribution in [-0.4, -0.2) is 18.5 Å². The molecule has 19 heavy (non-hydrogen) atoms. The molecule has 0 radical (unpaired) electrons. The maximum Gasteiger partial charge on any atom is 0.168 e. The lowest BCUT2D eigenvalue weighted by Crippen LogP contribution is -1.91. The number of aldehydes is 1. The fourth-order valence-electron chi connectivity index (χ4n) is 1.76. The van der Waals surface area contributed by atoms with Crippen LogP contribution in [0.15, 0.2) is 30.3 Å². The van der Waals surface area contributed by atoms with Gasteiger partial charge in [-0.15, -0.1) is 0 Å². The molecule has 98 valence electrons. The Morgan fingerprint density at radius 2 is 1.63 bits per heavy atom. The molecule has 0 atom stereocenters. The summed E-state index contributed by atoms with van der Waals surface area (Å²) in [5, 5.41) is 10.7. The standard InChI is InChI=1S/C14H10Cl2O3/c1-19-13-5-8(2-10(7-17)14(13)18)9-3-11(15)6-12(16)4-9/h2-7,18H,1H3. The number of phenolic OH excluding ortho intramolecular Hbond substituents is 1. The van der Waals surface area contributed by atoms with Gasteiger partial charge in [0.1, 0.15) is 0 Å². The monoisotopic (exact) mass is 296 g/mol. The Hall–Kier alpha value is -1.71. The molecule has 0 bridgehead atoms. The summed E-state index contributed by atoms with van der Waals surface area (Å²) in [6.45, 7) is 0. The Kier molecular flexibility index (Phi) is 3.98. The lowest BCUT2D eigenvalue weighted by Gasteiger charge is -2.10. The van der Waals surface area contributed by atoms with Crippen molar-refractivity contribution in [2.75, 3.05) is 7.11 Å². The molecule has 0 aromatic heterocycles. The summed E-state index contributed by atoms with van der Waals surface area (Å²) in [6.07, 6.45) is 0.563. The quantitative estimate of drug-likeness (QED) is 0.864. The minimum Gasteiger partial charge on any atom is -0.504 e. The van der Waals surface area contributed by atoms with E-state index in [9.17, 15) is 9.90 Å². The number of hydrogen-bond acceptors (Lipinski definition) is 3. The molecule has 0 saturated carbocycles. The number of carbonyl (C=O) groups excluding carboxylic acids is 1. The third-order valence-corrected chi connectivity index (χ3v) is 3.08.